The third-order valence-electron chi connectivity index (χ3n) is 2.45. The minimum absolute atomic E-state index is 0.692. The topological polar surface area (TPSA) is 50.3 Å². The van der Waals surface area contributed by atoms with Gasteiger partial charge in [0.05, 0.1) is 24.7 Å². The molecule has 1 aromatic rings. The molecule has 5 heteroatoms. The molecule has 1 aromatic heterocycles. The lowest BCUT2D eigenvalue weighted by Gasteiger charge is -2.17. The van der Waals surface area contributed by atoms with Crippen LogP contribution in [-0.2, 0) is 11.3 Å². The minimum Gasteiger partial charge on any atom is -0.383 e. The maximum Gasteiger partial charge on any atom is 0.146 e. The van der Waals surface area contributed by atoms with Crippen LogP contribution in [0.4, 0.5) is 5.82 Å². The number of methoxy groups -OCH3 is 1. The summed E-state index contributed by atoms with van der Waals surface area (Å²) in [7, 11) is 3.68. The second kappa shape index (κ2) is 7.97. The van der Waals surface area contributed by atoms with Gasteiger partial charge in [0.15, 0.2) is 0 Å². The molecule has 0 bridgehead atoms. The molecule has 5 nitrogen and oxygen atoms in total. The standard InChI is InChI=1S/C12H22N4O/c1-4-5-13-8-11-9-15-12(10-14-11)16(2)6-7-17-3/h9-10,13H,4-8H2,1-3H3. The summed E-state index contributed by atoms with van der Waals surface area (Å²) in [5.74, 6) is 0.876. The van der Waals surface area contributed by atoms with E-state index in [1.165, 1.54) is 0 Å². The van der Waals surface area contributed by atoms with Gasteiger partial charge in [0.2, 0.25) is 0 Å². The van der Waals surface area contributed by atoms with Gasteiger partial charge in [-0.2, -0.15) is 0 Å². The predicted molar refractivity (Wildman–Crippen MR) is 69.2 cm³/mol. The Bertz CT molecular complexity index is 302. The lowest BCUT2D eigenvalue weighted by atomic mass is 10.4. The Balaban J connectivity index is 2.43. The maximum absolute atomic E-state index is 5.02. The Morgan fingerprint density at radius 2 is 2.18 bits per heavy atom. The van der Waals surface area contributed by atoms with E-state index in [9.17, 15) is 0 Å². The van der Waals surface area contributed by atoms with Gasteiger partial charge < -0.3 is 15.0 Å². The fraction of sp³-hybridized carbons (Fsp3) is 0.667. The first kappa shape index (κ1) is 13.9. The summed E-state index contributed by atoms with van der Waals surface area (Å²) in [6.45, 7) is 5.45. The molecule has 0 unspecified atom stereocenters. The van der Waals surface area contributed by atoms with Gasteiger partial charge >= 0.3 is 0 Å². The zero-order valence-electron chi connectivity index (χ0n) is 10.9. The van der Waals surface area contributed by atoms with E-state index >= 15 is 0 Å². The first-order valence-corrected chi connectivity index (χ1v) is 5.99. The summed E-state index contributed by atoms with van der Waals surface area (Å²) < 4.78 is 5.02. The van der Waals surface area contributed by atoms with Gasteiger partial charge in [0, 0.05) is 27.2 Å². The third-order valence-corrected chi connectivity index (χ3v) is 2.45. The van der Waals surface area contributed by atoms with Crippen molar-refractivity contribution in [3.05, 3.63) is 18.1 Å². The van der Waals surface area contributed by atoms with Crippen LogP contribution in [0.25, 0.3) is 0 Å². The highest BCUT2D eigenvalue weighted by atomic mass is 16.5. The third kappa shape index (κ3) is 5.10. The van der Waals surface area contributed by atoms with Gasteiger partial charge in [-0.15, -0.1) is 0 Å². The Morgan fingerprint density at radius 3 is 2.76 bits per heavy atom. The van der Waals surface area contributed by atoms with E-state index in [-0.39, 0.29) is 0 Å². The molecule has 0 saturated heterocycles. The van der Waals surface area contributed by atoms with Gasteiger partial charge in [-0.3, -0.25) is 4.98 Å². The van der Waals surface area contributed by atoms with Gasteiger partial charge in [-0.1, -0.05) is 6.92 Å². The molecule has 0 radical (unpaired) electrons. The summed E-state index contributed by atoms with van der Waals surface area (Å²) in [5.41, 5.74) is 0.974. The first-order chi connectivity index (χ1) is 8.27. The minimum atomic E-state index is 0.692. The zero-order valence-corrected chi connectivity index (χ0v) is 10.9. The van der Waals surface area contributed by atoms with Crippen LogP contribution in [0.5, 0.6) is 0 Å². The first-order valence-electron chi connectivity index (χ1n) is 5.99. The second-order valence-corrected chi connectivity index (χ2v) is 3.96. The van der Waals surface area contributed by atoms with E-state index in [0.29, 0.717) is 6.61 Å². The normalized spacial score (nSPS) is 10.5. The van der Waals surface area contributed by atoms with Crippen molar-refractivity contribution in [2.45, 2.75) is 19.9 Å². The largest absolute Gasteiger partial charge is 0.383 e. The van der Waals surface area contributed by atoms with Gasteiger partial charge in [0.25, 0.3) is 0 Å². The number of ether oxygens (including phenoxy) is 1. The van der Waals surface area contributed by atoms with Crippen LogP contribution in [0.15, 0.2) is 12.4 Å². The van der Waals surface area contributed by atoms with Crippen LogP contribution < -0.4 is 10.2 Å². The summed E-state index contributed by atoms with van der Waals surface area (Å²) in [5, 5.41) is 3.30. The van der Waals surface area contributed by atoms with E-state index in [1.54, 1.807) is 13.3 Å². The number of nitrogens with zero attached hydrogens (tertiary/aromatic N) is 3. The predicted octanol–water partition coefficient (Wildman–Crippen LogP) is 1.06. The SMILES string of the molecule is CCCNCc1cnc(N(C)CCOC)cn1. The molecule has 0 aliphatic heterocycles. The van der Waals surface area contributed by atoms with Crippen LogP contribution in [-0.4, -0.2) is 43.8 Å². The highest BCUT2D eigenvalue weighted by molar-refractivity contribution is 5.34. The monoisotopic (exact) mass is 238 g/mol. The molecule has 0 aliphatic rings. The number of hydrogen-bond donors (Lipinski definition) is 1. The quantitative estimate of drug-likeness (QED) is 0.686. The van der Waals surface area contributed by atoms with Crippen molar-refractivity contribution in [1.82, 2.24) is 15.3 Å². The summed E-state index contributed by atoms with van der Waals surface area (Å²) in [6, 6.07) is 0. The summed E-state index contributed by atoms with van der Waals surface area (Å²) in [4.78, 5) is 10.8. The molecule has 17 heavy (non-hydrogen) atoms. The van der Waals surface area contributed by atoms with Crippen LogP contribution in [0.3, 0.4) is 0 Å². The Morgan fingerprint density at radius 1 is 1.35 bits per heavy atom. The van der Waals surface area contributed by atoms with E-state index < -0.39 is 0 Å². The number of aromatic nitrogens is 2. The van der Waals surface area contributed by atoms with Crippen molar-refractivity contribution in [2.75, 3.05) is 38.8 Å². The summed E-state index contributed by atoms with van der Waals surface area (Å²) >= 11 is 0. The molecule has 1 N–H and O–H groups in total. The van der Waals surface area contributed by atoms with Crippen LogP contribution in [0.1, 0.15) is 19.0 Å². The molecule has 0 atom stereocenters. The molecular weight excluding hydrogens is 216 g/mol. The average Bonchev–Trinajstić information content (AvgIpc) is 2.37. The van der Waals surface area contributed by atoms with E-state index in [4.69, 9.17) is 4.74 Å². The van der Waals surface area contributed by atoms with Crippen molar-refractivity contribution in [3.8, 4) is 0 Å². The number of anilines is 1. The molecule has 0 saturated carbocycles. The molecule has 0 aliphatic carbocycles. The van der Waals surface area contributed by atoms with Crippen molar-refractivity contribution in [2.24, 2.45) is 0 Å². The van der Waals surface area contributed by atoms with Crippen LogP contribution in [0, 0.1) is 0 Å². The lowest BCUT2D eigenvalue weighted by Crippen LogP contribution is -2.23. The number of likely N-dealkylation sites (N-methyl/N-ethyl adjacent to an activating group) is 1. The number of rotatable bonds is 8. The van der Waals surface area contributed by atoms with Gasteiger partial charge in [0.1, 0.15) is 5.82 Å². The van der Waals surface area contributed by atoms with E-state index in [2.05, 4.69) is 22.2 Å². The Labute approximate surface area is 103 Å². The van der Waals surface area contributed by atoms with Gasteiger partial charge in [-0.05, 0) is 13.0 Å². The fourth-order valence-electron chi connectivity index (χ4n) is 1.37. The smallest absolute Gasteiger partial charge is 0.146 e. The summed E-state index contributed by atoms with van der Waals surface area (Å²) in [6.07, 6.45) is 4.76. The number of hydrogen-bond acceptors (Lipinski definition) is 5. The molecule has 1 heterocycles. The second-order valence-electron chi connectivity index (χ2n) is 3.96. The maximum atomic E-state index is 5.02. The Hall–Kier alpha value is -1.20. The van der Waals surface area contributed by atoms with Crippen molar-refractivity contribution >= 4 is 5.82 Å². The fourth-order valence-corrected chi connectivity index (χ4v) is 1.37. The lowest BCUT2D eigenvalue weighted by molar-refractivity contribution is 0.206. The zero-order chi connectivity index (χ0) is 12.5. The van der Waals surface area contributed by atoms with Crippen molar-refractivity contribution in [3.63, 3.8) is 0 Å². The van der Waals surface area contributed by atoms with Crippen LogP contribution in [0.2, 0.25) is 0 Å². The highest BCUT2D eigenvalue weighted by Gasteiger charge is 2.02. The molecule has 96 valence electrons. The molecule has 0 spiro atoms. The van der Waals surface area contributed by atoms with Crippen LogP contribution >= 0.6 is 0 Å². The number of nitrogens with one attached hydrogen (secondary N) is 1. The molecule has 1 rings (SSSR count). The van der Waals surface area contributed by atoms with Gasteiger partial charge in [-0.25, -0.2) is 4.98 Å². The van der Waals surface area contributed by atoms with E-state index in [1.807, 2.05) is 18.1 Å². The molecule has 0 aromatic carbocycles. The highest BCUT2D eigenvalue weighted by Crippen LogP contribution is 2.06. The molecule has 0 amide bonds. The molecular formula is C12H22N4O. The Kier molecular flexibility index (Phi) is 6.50. The van der Waals surface area contributed by atoms with E-state index in [0.717, 1.165) is 37.6 Å². The van der Waals surface area contributed by atoms with Crippen molar-refractivity contribution in [1.29, 1.82) is 0 Å². The molecule has 0 fully saturated rings. The van der Waals surface area contributed by atoms with Crippen molar-refractivity contribution < 1.29 is 4.74 Å². The average molecular weight is 238 g/mol.